The minimum atomic E-state index is -3.33. The molecule has 0 aliphatic heterocycles. The second-order valence-electron chi connectivity index (χ2n) is 4.26. The molecule has 0 amide bonds. The molecule has 0 bridgehead atoms. The molecule has 1 rings (SSSR count). The summed E-state index contributed by atoms with van der Waals surface area (Å²) in [6.07, 6.45) is 4.22. The normalized spacial score (nSPS) is 27.2. The summed E-state index contributed by atoms with van der Waals surface area (Å²) in [5.41, 5.74) is 5.73. The van der Waals surface area contributed by atoms with Gasteiger partial charge in [-0.15, -0.1) is 0 Å². The Labute approximate surface area is 98.6 Å². The van der Waals surface area contributed by atoms with Crippen LogP contribution in [0.5, 0.6) is 0 Å². The van der Waals surface area contributed by atoms with E-state index in [1.54, 1.807) is 4.31 Å². The summed E-state index contributed by atoms with van der Waals surface area (Å²) in [5.74, 6) is 0.303. The molecule has 1 aliphatic carbocycles. The fourth-order valence-electron chi connectivity index (χ4n) is 2.54. The second-order valence-corrected chi connectivity index (χ2v) is 6.09. The van der Waals surface area contributed by atoms with Crippen molar-refractivity contribution in [2.45, 2.75) is 38.6 Å². The van der Waals surface area contributed by atoms with Crippen LogP contribution in [-0.2, 0) is 10.2 Å². The summed E-state index contributed by atoms with van der Waals surface area (Å²) >= 11 is 0. The van der Waals surface area contributed by atoms with E-state index in [-0.39, 0.29) is 6.04 Å². The zero-order valence-corrected chi connectivity index (χ0v) is 11.0. The van der Waals surface area contributed by atoms with E-state index in [1.165, 1.54) is 7.05 Å². The zero-order chi connectivity index (χ0) is 12.2. The highest BCUT2D eigenvalue weighted by atomic mass is 32.2. The molecular weight excluding hydrogens is 226 g/mol. The number of rotatable bonds is 5. The molecule has 5 nitrogen and oxygen atoms in total. The smallest absolute Gasteiger partial charge is 0.279 e. The molecule has 0 radical (unpaired) electrons. The molecule has 6 heteroatoms. The van der Waals surface area contributed by atoms with Gasteiger partial charge in [0.05, 0.1) is 0 Å². The first-order valence-electron chi connectivity index (χ1n) is 5.97. The lowest BCUT2D eigenvalue weighted by atomic mass is 9.84. The standard InChI is InChI=1S/C10H23N3O2S/c1-3-13(16(14,15)12-2)10-7-5-4-6-9(10)8-11/h9-10,12H,3-8,11H2,1-2H3. The lowest BCUT2D eigenvalue weighted by Gasteiger charge is -2.37. The first-order valence-corrected chi connectivity index (χ1v) is 7.41. The van der Waals surface area contributed by atoms with Crippen LogP contribution in [0.2, 0.25) is 0 Å². The van der Waals surface area contributed by atoms with Gasteiger partial charge in [-0.2, -0.15) is 12.7 Å². The summed E-state index contributed by atoms with van der Waals surface area (Å²) in [6, 6.07) is 0.0706. The fraction of sp³-hybridized carbons (Fsp3) is 1.00. The Hall–Kier alpha value is -0.170. The van der Waals surface area contributed by atoms with Crippen LogP contribution in [0.4, 0.5) is 0 Å². The maximum absolute atomic E-state index is 11.9. The number of nitrogens with two attached hydrogens (primary N) is 1. The molecule has 0 aromatic rings. The quantitative estimate of drug-likeness (QED) is 0.735. The van der Waals surface area contributed by atoms with Crippen molar-refractivity contribution in [3.05, 3.63) is 0 Å². The fourth-order valence-corrected chi connectivity index (χ4v) is 3.75. The second kappa shape index (κ2) is 5.95. The molecule has 0 spiro atoms. The van der Waals surface area contributed by atoms with Gasteiger partial charge in [0.25, 0.3) is 10.2 Å². The SMILES string of the molecule is CCN(C1CCCCC1CN)S(=O)(=O)NC. The van der Waals surface area contributed by atoms with Crippen LogP contribution in [0.1, 0.15) is 32.6 Å². The number of nitrogens with one attached hydrogen (secondary N) is 1. The van der Waals surface area contributed by atoms with Crippen LogP contribution >= 0.6 is 0 Å². The van der Waals surface area contributed by atoms with Crippen LogP contribution in [0.15, 0.2) is 0 Å². The van der Waals surface area contributed by atoms with Crippen molar-refractivity contribution in [2.75, 3.05) is 20.1 Å². The molecule has 16 heavy (non-hydrogen) atoms. The molecule has 1 saturated carbocycles. The van der Waals surface area contributed by atoms with Gasteiger partial charge in [0.2, 0.25) is 0 Å². The minimum absolute atomic E-state index is 0.0706. The van der Waals surface area contributed by atoms with Crippen LogP contribution in [-0.4, -0.2) is 38.9 Å². The molecule has 96 valence electrons. The van der Waals surface area contributed by atoms with Crippen LogP contribution in [0.25, 0.3) is 0 Å². The third kappa shape index (κ3) is 2.94. The summed E-state index contributed by atoms with van der Waals surface area (Å²) in [5, 5.41) is 0. The van der Waals surface area contributed by atoms with Crippen LogP contribution in [0.3, 0.4) is 0 Å². The first kappa shape index (κ1) is 13.9. The molecule has 1 aliphatic rings. The molecule has 0 saturated heterocycles. The Balaban J connectivity index is 2.85. The van der Waals surface area contributed by atoms with Gasteiger partial charge in [-0.05, 0) is 25.3 Å². The lowest BCUT2D eigenvalue weighted by molar-refractivity contribution is 0.186. The number of nitrogens with zero attached hydrogens (tertiary/aromatic N) is 1. The Bertz CT molecular complexity index is 305. The molecule has 2 atom stereocenters. The van der Waals surface area contributed by atoms with Gasteiger partial charge in [0.15, 0.2) is 0 Å². The third-order valence-corrected chi connectivity index (χ3v) is 5.08. The van der Waals surface area contributed by atoms with Gasteiger partial charge in [0.1, 0.15) is 0 Å². The maximum atomic E-state index is 11.9. The van der Waals surface area contributed by atoms with E-state index in [1.807, 2.05) is 6.92 Å². The zero-order valence-electron chi connectivity index (χ0n) is 10.1. The molecule has 2 unspecified atom stereocenters. The van der Waals surface area contributed by atoms with Crippen molar-refractivity contribution >= 4 is 10.2 Å². The van der Waals surface area contributed by atoms with E-state index >= 15 is 0 Å². The Morgan fingerprint density at radius 2 is 2.00 bits per heavy atom. The van der Waals surface area contributed by atoms with Crippen molar-refractivity contribution in [1.29, 1.82) is 0 Å². The molecular formula is C10H23N3O2S. The van der Waals surface area contributed by atoms with Crippen molar-refractivity contribution in [3.8, 4) is 0 Å². The van der Waals surface area contributed by atoms with Gasteiger partial charge >= 0.3 is 0 Å². The van der Waals surface area contributed by atoms with Crippen molar-refractivity contribution in [2.24, 2.45) is 11.7 Å². The summed E-state index contributed by atoms with van der Waals surface area (Å²) in [7, 11) is -1.87. The summed E-state index contributed by atoms with van der Waals surface area (Å²) in [4.78, 5) is 0. The number of hydrogen-bond acceptors (Lipinski definition) is 3. The van der Waals surface area contributed by atoms with E-state index in [2.05, 4.69) is 4.72 Å². The Kier molecular flexibility index (Phi) is 5.17. The average Bonchev–Trinajstić information content (AvgIpc) is 2.30. The van der Waals surface area contributed by atoms with Crippen molar-refractivity contribution < 1.29 is 8.42 Å². The monoisotopic (exact) mass is 249 g/mol. The third-order valence-electron chi connectivity index (χ3n) is 3.42. The molecule has 0 aromatic heterocycles. The van der Waals surface area contributed by atoms with E-state index in [0.717, 1.165) is 25.7 Å². The molecule has 3 N–H and O–H groups in total. The van der Waals surface area contributed by atoms with E-state index in [9.17, 15) is 8.42 Å². The highest BCUT2D eigenvalue weighted by Gasteiger charge is 2.34. The van der Waals surface area contributed by atoms with Crippen molar-refractivity contribution in [3.63, 3.8) is 0 Å². The highest BCUT2D eigenvalue weighted by molar-refractivity contribution is 7.87. The van der Waals surface area contributed by atoms with Gasteiger partial charge in [0, 0.05) is 19.6 Å². The minimum Gasteiger partial charge on any atom is -0.330 e. The Morgan fingerprint density at radius 1 is 1.38 bits per heavy atom. The van der Waals surface area contributed by atoms with Gasteiger partial charge < -0.3 is 5.73 Å². The maximum Gasteiger partial charge on any atom is 0.279 e. The Morgan fingerprint density at radius 3 is 2.50 bits per heavy atom. The average molecular weight is 249 g/mol. The van der Waals surface area contributed by atoms with Gasteiger partial charge in [-0.1, -0.05) is 19.8 Å². The predicted octanol–water partition coefficient (Wildman–Crippen LogP) is 0.290. The molecule has 0 aromatic carbocycles. The van der Waals surface area contributed by atoms with Gasteiger partial charge in [-0.25, -0.2) is 4.72 Å². The largest absolute Gasteiger partial charge is 0.330 e. The summed E-state index contributed by atoms with van der Waals surface area (Å²) in [6.45, 7) is 2.95. The summed E-state index contributed by atoms with van der Waals surface area (Å²) < 4.78 is 27.7. The topological polar surface area (TPSA) is 75.4 Å². The van der Waals surface area contributed by atoms with E-state index in [0.29, 0.717) is 19.0 Å². The van der Waals surface area contributed by atoms with E-state index in [4.69, 9.17) is 5.73 Å². The van der Waals surface area contributed by atoms with Crippen LogP contribution in [0, 0.1) is 5.92 Å². The molecule has 0 heterocycles. The highest BCUT2D eigenvalue weighted by Crippen LogP contribution is 2.28. The number of hydrogen-bond donors (Lipinski definition) is 2. The van der Waals surface area contributed by atoms with E-state index < -0.39 is 10.2 Å². The predicted molar refractivity (Wildman–Crippen MR) is 65.2 cm³/mol. The van der Waals surface area contributed by atoms with Gasteiger partial charge in [-0.3, -0.25) is 0 Å². The lowest BCUT2D eigenvalue weighted by Crippen LogP contribution is -2.51. The first-order chi connectivity index (χ1) is 7.56. The molecule has 1 fully saturated rings. The van der Waals surface area contributed by atoms with Crippen LogP contribution < -0.4 is 10.5 Å². The van der Waals surface area contributed by atoms with Crippen molar-refractivity contribution in [1.82, 2.24) is 9.03 Å².